The van der Waals surface area contributed by atoms with Crippen molar-refractivity contribution in [2.75, 3.05) is 13.1 Å². The maximum absolute atomic E-state index is 13.1. The molecule has 0 bridgehead atoms. The Morgan fingerprint density at radius 1 is 1.27 bits per heavy atom. The van der Waals surface area contributed by atoms with Crippen molar-refractivity contribution in [2.45, 2.75) is 32.1 Å². The maximum atomic E-state index is 13.1. The predicted molar refractivity (Wildman–Crippen MR) is 88.0 cm³/mol. The fourth-order valence-corrected chi connectivity index (χ4v) is 3.90. The minimum absolute atomic E-state index is 0.132. The van der Waals surface area contributed by atoms with E-state index >= 15 is 0 Å². The van der Waals surface area contributed by atoms with Gasteiger partial charge in [-0.2, -0.15) is 0 Å². The molecule has 1 aliphatic heterocycles. The lowest BCUT2D eigenvalue weighted by molar-refractivity contribution is 0.0759. The number of thiophene rings is 1. The van der Waals surface area contributed by atoms with Gasteiger partial charge >= 0.3 is 0 Å². The Hall–Kier alpha value is -1.68. The molecule has 1 aliphatic rings. The van der Waals surface area contributed by atoms with E-state index < -0.39 is 0 Å². The summed E-state index contributed by atoms with van der Waals surface area (Å²) in [6, 6.07) is 8.68. The Bertz CT molecular complexity index is 649. The fraction of sp³-hybridized carbons (Fsp3) is 0.389. The van der Waals surface area contributed by atoms with E-state index in [0.29, 0.717) is 5.92 Å². The smallest absolute Gasteiger partial charge is 0.263 e. The molecule has 0 saturated carbocycles. The van der Waals surface area contributed by atoms with Crippen LogP contribution in [0.2, 0.25) is 0 Å². The van der Waals surface area contributed by atoms with Gasteiger partial charge < -0.3 is 4.90 Å². The van der Waals surface area contributed by atoms with Gasteiger partial charge in [0.05, 0.1) is 4.88 Å². The molecule has 0 N–H and O–H groups in total. The third-order valence-electron chi connectivity index (χ3n) is 4.24. The number of carbonyl (C=O) groups is 1. The van der Waals surface area contributed by atoms with E-state index in [1.54, 1.807) is 0 Å². The number of likely N-dealkylation sites (tertiary alicyclic amines) is 1. The molecule has 22 heavy (non-hydrogen) atoms. The minimum Gasteiger partial charge on any atom is -0.337 e. The zero-order valence-corrected chi connectivity index (χ0v) is 13.5. The molecule has 2 heterocycles. The van der Waals surface area contributed by atoms with E-state index in [1.165, 1.54) is 23.5 Å². The van der Waals surface area contributed by atoms with Crippen molar-refractivity contribution >= 4 is 17.2 Å². The van der Waals surface area contributed by atoms with Crippen molar-refractivity contribution < 1.29 is 9.18 Å². The van der Waals surface area contributed by atoms with Gasteiger partial charge in [0, 0.05) is 19.0 Å². The summed E-state index contributed by atoms with van der Waals surface area (Å²) in [6.45, 7) is 3.55. The third kappa shape index (κ3) is 3.38. The van der Waals surface area contributed by atoms with E-state index in [9.17, 15) is 9.18 Å². The summed E-state index contributed by atoms with van der Waals surface area (Å²) in [6.07, 6.45) is 3.20. The summed E-state index contributed by atoms with van der Waals surface area (Å²) in [5.41, 5.74) is 2.27. The molecular formula is C18H20FNOS. The van der Waals surface area contributed by atoms with Gasteiger partial charge in [-0.3, -0.25) is 4.79 Å². The molecular weight excluding hydrogens is 297 g/mol. The number of halogens is 1. The number of rotatable bonds is 2. The predicted octanol–water partition coefficient (Wildman–Crippen LogP) is 4.61. The van der Waals surface area contributed by atoms with Crippen molar-refractivity contribution in [3.05, 3.63) is 57.5 Å². The molecule has 1 unspecified atom stereocenters. The van der Waals surface area contributed by atoms with Crippen molar-refractivity contribution in [3.63, 3.8) is 0 Å². The number of hydrogen-bond donors (Lipinski definition) is 0. The van der Waals surface area contributed by atoms with Crippen LogP contribution in [-0.2, 0) is 0 Å². The van der Waals surface area contributed by atoms with E-state index in [0.717, 1.165) is 48.4 Å². The van der Waals surface area contributed by atoms with Crippen LogP contribution in [0.15, 0.2) is 35.7 Å². The zero-order valence-electron chi connectivity index (χ0n) is 12.7. The monoisotopic (exact) mass is 317 g/mol. The summed E-state index contributed by atoms with van der Waals surface area (Å²) in [7, 11) is 0. The first-order valence-corrected chi connectivity index (χ1v) is 8.61. The van der Waals surface area contributed by atoms with E-state index in [2.05, 4.69) is 0 Å². The molecule has 0 aliphatic carbocycles. The number of carbonyl (C=O) groups excluding carboxylic acids is 1. The highest BCUT2D eigenvalue weighted by molar-refractivity contribution is 7.12. The first kappa shape index (κ1) is 15.2. The average Bonchev–Trinajstić information content (AvgIpc) is 2.81. The van der Waals surface area contributed by atoms with E-state index in [4.69, 9.17) is 0 Å². The van der Waals surface area contributed by atoms with Gasteiger partial charge in [-0.15, -0.1) is 11.3 Å². The van der Waals surface area contributed by atoms with Gasteiger partial charge in [-0.05, 0) is 54.5 Å². The normalized spacial score (nSPS) is 19.0. The minimum atomic E-state index is -0.209. The highest BCUT2D eigenvalue weighted by Gasteiger charge is 2.24. The molecule has 4 heteroatoms. The van der Waals surface area contributed by atoms with Gasteiger partial charge in [0.1, 0.15) is 5.82 Å². The molecule has 2 aromatic rings. The second kappa shape index (κ2) is 6.61. The molecule has 116 valence electrons. The topological polar surface area (TPSA) is 20.3 Å². The van der Waals surface area contributed by atoms with Gasteiger partial charge in [0.2, 0.25) is 0 Å². The molecule has 2 nitrogen and oxygen atoms in total. The quantitative estimate of drug-likeness (QED) is 0.792. The van der Waals surface area contributed by atoms with Gasteiger partial charge in [-0.25, -0.2) is 4.39 Å². The Morgan fingerprint density at radius 2 is 2.05 bits per heavy atom. The zero-order chi connectivity index (χ0) is 15.5. The second-order valence-corrected chi connectivity index (χ2v) is 6.89. The fourth-order valence-electron chi connectivity index (χ4n) is 3.03. The van der Waals surface area contributed by atoms with Crippen LogP contribution < -0.4 is 0 Å². The van der Waals surface area contributed by atoms with Crippen LogP contribution in [0.3, 0.4) is 0 Å². The summed E-state index contributed by atoms with van der Waals surface area (Å²) in [5, 5.41) is 2.02. The van der Waals surface area contributed by atoms with Gasteiger partial charge in [0.15, 0.2) is 0 Å². The number of benzene rings is 1. The number of amides is 1. The van der Waals surface area contributed by atoms with Crippen molar-refractivity contribution in [3.8, 4) is 0 Å². The lowest BCUT2D eigenvalue weighted by Crippen LogP contribution is -2.33. The number of hydrogen-bond acceptors (Lipinski definition) is 2. The average molecular weight is 317 g/mol. The van der Waals surface area contributed by atoms with Crippen LogP contribution in [0.25, 0.3) is 0 Å². The molecule has 1 aromatic heterocycles. The first-order chi connectivity index (χ1) is 10.6. The molecule has 0 radical (unpaired) electrons. The summed E-state index contributed by atoms with van der Waals surface area (Å²) >= 11 is 1.52. The van der Waals surface area contributed by atoms with Crippen molar-refractivity contribution in [1.29, 1.82) is 0 Å². The Balaban J connectivity index is 1.77. The largest absolute Gasteiger partial charge is 0.337 e. The molecule has 1 aromatic carbocycles. The summed E-state index contributed by atoms with van der Waals surface area (Å²) < 4.78 is 13.1. The van der Waals surface area contributed by atoms with E-state index in [-0.39, 0.29) is 11.7 Å². The molecule has 1 amide bonds. The number of nitrogens with zero attached hydrogens (tertiary/aromatic N) is 1. The summed E-state index contributed by atoms with van der Waals surface area (Å²) in [4.78, 5) is 15.5. The number of aryl methyl sites for hydroxylation is 1. The highest BCUT2D eigenvalue weighted by Crippen LogP contribution is 2.28. The van der Waals surface area contributed by atoms with Crippen LogP contribution in [0, 0.1) is 12.7 Å². The second-order valence-electron chi connectivity index (χ2n) is 5.98. The van der Waals surface area contributed by atoms with Gasteiger partial charge in [0.25, 0.3) is 5.91 Å². The lowest BCUT2D eigenvalue weighted by atomic mass is 9.94. The van der Waals surface area contributed by atoms with Gasteiger partial charge in [-0.1, -0.05) is 18.6 Å². The molecule has 1 fully saturated rings. The first-order valence-electron chi connectivity index (χ1n) is 7.73. The Morgan fingerprint density at radius 3 is 2.73 bits per heavy atom. The molecule has 1 saturated heterocycles. The standard InChI is InChI=1S/C18H20FNOS/c1-13-10-17(22-12-13)18(21)20-9-3-2-4-15(11-20)14-5-7-16(19)8-6-14/h5-8,10,12,15H,2-4,9,11H2,1H3. The van der Waals surface area contributed by atoms with Crippen LogP contribution in [-0.4, -0.2) is 23.9 Å². The molecule has 1 atom stereocenters. The van der Waals surface area contributed by atoms with Crippen LogP contribution in [0.4, 0.5) is 4.39 Å². The molecule has 3 rings (SSSR count). The SMILES string of the molecule is Cc1csc(C(=O)N2CCCCC(c3ccc(F)cc3)C2)c1. The molecule has 0 spiro atoms. The summed E-state index contributed by atoms with van der Waals surface area (Å²) in [5.74, 6) is 0.222. The van der Waals surface area contributed by atoms with E-state index in [1.807, 2.05) is 35.4 Å². The third-order valence-corrected chi connectivity index (χ3v) is 5.28. The van der Waals surface area contributed by atoms with Crippen molar-refractivity contribution in [1.82, 2.24) is 4.90 Å². The maximum Gasteiger partial charge on any atom is 0.263 e. The van der Waals surface area contributed by atoms with Crippen LogP contribution in [0.1, 0.15) is 46.0 Å². The highest BCUT2D eigenvalue weighted by atomic mass is 32.1. The van der Waals surface area contributed by atoms with Crippen molar-refractivity contribution in [2.24, 2.45) is 0 Å². The van der Waals surface area contributed by atoms with Crippen LogP contribution in [0.5, 0.6) is 0 Å². The Kier molecular flexibility index (Phi) is 4.57. The Labute approximate surface area is 134 Å². The lowest BCUT2D eigenvalue weighted by Gasteiger charge is -2.24. The van der Waals surface area contributed by atoms with Crippen LogP contribution >= 0.6 is 11.3 Å².